The van der Waals surface area contributed by atoms with Crippen molar-refractivity contribution in [1.29, 1.82) is 0 Å². The normalized spacial score (nSPS) is 24.1. The van der Waals surface area contributed by atoms with E-state index in [4.69, 9.17) is 34.8 Å². The minimum Gasteiger partial charge on any atom is -0.281 e. The molecule has 0 fully saturated rings. The van der Waals surface area contributed by atoms with E-state index in [9.17, 15) is 4.79 Å². The van der Waals surface area contributed by atoms with Gasteiger partial charge in [0.2, 0.25) is 5.24 Å². The average Bonchev–Trinajstić information content (AvgIpc) is 1.94. The molecule has 0 N–H and O–H groups in total. The molecule has 0 aromatic rings. The highest BCUT2D eigenvalue weighted by Gasteiger charge is 2.22. The van der Waals surface area contributed by atoms with E-state index in [0.29, 0.717) is 16.5 Å². The first-order chi connectivity index (χ1) is 5.11. The first-order valence-corrected chi connectivity index (χ1v) is 4.15. The summed E-state index contributed by atoms with van der Waals surface area (Å²) < 4.78 is 0. The summed E-state index contributed by atoms with van der Waals surface area (Å²) in [5.41, 5.74) is 0. The fourth-order valence-corrected chi connectivity index (χ4v) is 1.54. The van der Waals surface area contributed by atoms with E-state index >= 15 is 0 Å². The van der Waals surface area contributed by atoms with Gasteiger partial charge in [0.05, 0.1) is 5.92 Å². The van der Waals surface area contributed by atoms with E-state index < -0.39 is 11.2 Å². The Morgan fingerprint density at radius 1 is 1.45 bits per heavy atom. The van der Waals surface area contributed by atoms with Crippen molar-refractivity contribution >= 4 is 40.0 Å². The van der Waals surface area contributed by atoms with Gasteiger partial charge in [-0.2, -0.15) is 0 Å². The molecule has 0 aromatic carbocycles. The number of hydrogen-bond donors (Lipinski definition) is 0. The molecule has 1 unspecified atom stereocenters. The van der Waals surface area contributed by atoms with Crippen LogP contribution in [-0.4, -0.2) is 5.24 Å². The van der Waals surface area contributed by atoms with Crippen LogP contribution in [0.1, 0.15) is 6.42 Å². The predicted octanol–water partition coefficient (Wildman–Crippen LogP) is 3.02. The second-order valence-electron chi connectivity index (χ2n) is 2.23. The Morgan fingerprint density at radius 2 is 2.09 bits per heavy atom. The van der Waals surface area contributed by atoms with Gasteiger partial charge in [0, 0.05) is 10.1 Å². The zero-order valence-electron chi connectivity index (χ0n) is 5.48. The molecule has 0 aromatic heterocycles. The van der Waals surface area contributed by atoms with E-state index in [2.05, 4.69) is 0 Å². The summed E-state index contributed by atoms with van der Waals surface area (Å²) in [6, 6.07) is 0. The van der Waals surface area contributed by atoms with Crippen LogP contribution >= 0.6 is 34.8 Å². The van der Waals surface area contributed by atoms with Crippen LogP contribution in [0.2, 0.25) is 0 Å². The first-order valence-electron chi connectivity index (χ1n) is 3.02. The van der Waals surface area contributed by atoms with Gasteiger partial charge >= 0.3 is 0 Å². The van der Waals surface area contributed by atoms with E-state index in [0.717, 1.165) is 0 Å². The summed E-state index contributed by atoms with van der Waals surface area (Å²) in [5.74, 6) is -0.448. The lowest BCUT2D eigenvalue weighted by molar-refractivity contribution is -0.113. The van der Waals surface area contributed by atoms with E-state index in [-0.39, 0.29) is 0 Å². The molecule has 0 amide bonds. The number of carbonyl (C=O) groups excluding carboxylic acids is 1. The third kappa shape index (κ3) is 2.22. The fraction of sp³-hybridized carbons (Fsp3) is 0.286. The summed E-state index contributed by atoms with van der Waals surface area (Å²) in [6.45, 7) is 0. The number of hydrogen-bond acceptors (Lipinski definition) is 1. The minimum absolute atomic E-state index is 0.416. The van der Waals surface area contributed by atoms with Gasteiger partial charge in [-0.05, 0) is 30.2 Å². The predicted molar refractivity (Wildman–Crippen MR) is 46.8 cm³/mol. The van der Waals surface area contributed by atoms with Crippen molar-refractivity contribution in [3.8, 4) is 0 Å². The standard InChI is InChI=1S/C7H5Cl3O/c8-4-1-2-6(9)5(3-4)7(10)11/h1-2,5H,3H2. The van der Waals surface area contributed by atoms with Crippen LogP contribution in [0, 0.1) is 5.92 Å². The van der Waals surface area contributed by atoms with Crippen LogP contribution in [0.25, 0.3) is 0 Å². The van der Waals surface area contributed by atoms with E-state index in [1.165, 1.54) is 0 Å². The number of halogens is 3. The molecule has 0 aliphatic heterocycles. The monoisotopic (exact) mass is 210 g/mol. The number of carbonyl (C=O) groups is 1. The summed E-state index contributed by atoms with van der Waals surface area (Å²) >= 11 is 16.6. The van der Waals surface area contributed by atoms with Crippen LogP contribution in [0.4, 0.5) is 0 Å². The first kappa shape index (κ1) is 9.11. The van der Waals surface area contributed by atoms with Crippen molar-refractivity contribution < 1.29 is 4.79 Å². The third-order valence-electron chi connectivity index (χ3n) is 1.43. The molecule has 0 heterocycles. The fourth-order valence-electron chi connectivity index (χ4n) is 0.835. The summed E-state index contributed by atoms with van der Waals surface area (Å²) in [7, 11) is 0. The highest BCUT2D eigenvalue weighted by molar-refractivity contribution is 6.65. The molecule has 1 aliphatic rings. The number of rotatable bonds is 1. The van der Waals surface area contributed by atoms with Crippen LogP contribution in [0.3, 0.4) is 0 Å². The van der Waals surface area contributed by atoms with E-state index in [1.54, 1.807) is 12.2 Å². The zero-order chi connectivity index (χ0) is 8.43. The van der Waals surface area contributed by atoms with Gasteiger partial charge in [-0.3, -0.25) is 4.79 Å². The highest BCUT2D eigenvalue weighted by Crippen LogP contribution is 2.31. The van der Waals surface area contributed by atoms with Crippen LogP contribution < -0.4 is 0 Å². The second-order valence-corrected chi connectivity index (χ2v) is 3.52. The molecular weight excluding hydrogens is 206 g/mol. The molecule has 4 heteroatoms. The van der Waals surface area contributed by atoms with Gasteiger partial charge in [0.15, 0.2) is 0 Å². The lowest BCUT2D eigenvalue weighted by Gasteiger charge is -2.13. The number of allylic oxidation sites excluding steroid dienone is 4. The maximum Gasteiger partial charge on any atom is 0.230 e. The molecule has 0 spiro atoms. The Bertz CT molecular complexity index is 242. The van der Waals surface area contributed by atoms with Gasteiger partial charge < -0.3 is 0 Å². The SMILES string of the molecule is O=C(Cl)C1CC(Cl)=CC=C1Cl. The summed E-state index contributed by atoms with van der Waals surface area (Å²) in [5, 5.41) is 0.598. The quantitative estimate of drug-likeness (QED) is 0.609. The zero-order valence-corrected chi connectivity index (χ0v) is 7.75. The molecule has 0 radical (unpaired) electrons. The van der Waals surface area contributed by atoms with Crippen molar-refractivity contribution in [1.82, 2.24) is 0 Å². The van der Waals surface area contributed by atoms with Crippen LogP contribution in [0.15, 0.2) is 22.2 Å². The average molecular weight is 211 g/mol. The topological polar surface area (TPSA) is 17.1 Å². The molecule has 0 saturated carbocycles. The lowest BCUT2D eigenvalue weighted by atomic mass is 10.0. The Morgan fingerprint density at radius 3 is 2.55 bits per heavy atom. The Hall–Kier alpha value is 0.0200. The van der Waals surface area contributed by atoms with Gasteiger partial charge in [0.25, 0.3) is 0 Å². The molecule has 0 saturated heterocycles. The highest BCUT2D eigenvalue weighted by atomic mass is 35.5. The Balaban J connectivity index is 2.81. The van der Waals surface area contributed by atoms with E-state index in [1.807, 2.05) is 0 Å². The molecule has 1 atom stereocenters. The molecular formula is C7H5Cl3O. The van der Waals surface area contributed by atoms with Crippen LogP contribution in [-0.2, 0) is 4.79 Å². The van der Waals surface area contributed by atoms with Gasteiger partial charge in [-0.1, -0.05) is 23.2 Å². The molecule has 0 bridgehead atoms. The largest absolute Gasteiger partial charge is 0.281 e. The maximum atomic E-state index is 10.7. The molecule has 60 valence electrons. The molecule has 1 nitrogen and oxygen atoms in total. The van der Waals surface area contributed by atoms with Crippen molar-refractivity contribution in [2.45, 2.75) is 6.42 Å². The summed E-state index contributed by atoms with van der Waals surface area (Å²) in [6.07, 6.45) is 3.68. The van der Waals surface area contributed by atoms with Crippen molar-refractivity contribution in [3.05, 3.63) is 22.2 Å². The molecule has 1 rings (SSSR count). The minimum atomic E-state index is -0.461. The Kier molecular flexibility index (Phi) is 2.99. The van der Waals surface area contributed by atoms with Crippen molar-refractivity contribution in [2.75, 3.05) is 0 Å². The summed E-state index contributed by atoms with van der Waals surface area (Å²) in [4.78, 5) is 10.7. The second kappa shape index (κ2) is 3.61. The van der Waals surface area contributed by atoms with Crippen molar-refractivity contribution in [3.63, 3.8) is 0 Å². The third-order valence-corrected chi connectivity index (χ3v) is 2.36. The van der Waals surface area contributed by atoms with Gasteiger partial charge in [-0.25, -0.2) is 0 Å². The smallest absolute Gasteiger partial charge is 0.230 e. The van der Waals surface area contributed by atoms with Crippen LogP contribution in [0.5, 0.6) is 0 Å². The van der Waals surface area contributed by atoms with Gasteiger partial charge in [0.1, 0.15) is 0 Å². The lowest BCUT2D eigenvalue weighted by Crippen LogP contribution is -2.11. The molecule has 11 heavy (non-hydrogen) atoms. The Labute approximate surface area is 79.6 Å². The van der Waals surface area contributed by atoms with Gasteiger partial charge in [-0.15, -0.1) is 0 Å². The molecule has 1 aliphatic carbocycles. The maximum absolute atomic E-state index is 10.7. The van der Waals surface area contributed by atoms with Crippen molar-refractivity contribution in [2.24, 2.45) is 5.92 Å².